The quantitative estimate of drug-likeness (QED) is 0.749. The molecule has 1 N–H and O–H groups in total. The van der Waals surface area contributed by atoms with Crippen LogP contribution in [0.1, 0.15) is 16.1 Å². The molecule has 17 heavy (non-hydrogen) atoms. The second kappa shape index (κ2) is 3.90. The van der Waals surface area contributed by atoms with Crippen molar-refractivity contribution in [2.45, 2.75) is 6.18 Å². The molecule has 0 unspecified atom stereocenters. The van der Waals surface area contributed by atoms with Gasteiger partial charge in [-0.15, -0.1) is 0 Å². The molecule has 0 fully saturated rings. The minimum absolute atomic E-state index is 0.0647. The van der Waals surface area contributed by atoms with E-state index < -0.39 is 17.8 Å². The van der Waals surface area contributed by atoms with Gasteiger partial charge in [-0.2, -0.15) is 13.2 Å². The summed E-state index contributed by atoms with van der Waals surface area (Å²) in [6.07, 6.45) is -4.50. The highest BCUT2D eigenvalue weighted by atomic mass is 19.4. The van der Waals surface area contributed by atoms with Gasteiger partial charge in [0.15, 0.2) is 0 Å². The van der Waals surface area contributed by atoms with E-state index in [1.165, 1.54) is 4.90 Å². The standard InChI is InChI=1S/C10H10F3N3O/c1-16-5-4-14-9(17)6-2-3-7(10(11,12)13)15-8(6)16/h2-3H,4-5H2,1H3,(H,14,17). The third kappa shape index (κ3) is 2.17. The highest BCUT2D eigenvalue weighted by Gasteiger charge is 2.34. The molecule has 1 aromatic rings. The second-order valence-corrected chi connectivity index (χ2v) is 3.74. The van der Waals surface area contributed by atoms with Crippen LogP contribution in [-0.4, -0.2) is 31.0 Å². The third-order valence-electron chi connectivity index (χ3n) is 2.50. The van der Waals surface area contributed by atoms with E-state index in [2.05, 4.69) is 10.3 Å². The zero-order valence-electron chi connectivity index (χ0n) is 9.01. The number of aromatic nitrogens is 1. The van der Waals surface area contributed by atoms with Gasteiger partial charge in [-0.25, -0.2) is 4.98 Å². The molecular formula is C10H10F3N3O. The van der Waals surface area contributed by atoms with Crippen LogP contribution in [0.2, 0.25) is 0 Å². The molecule has 7 heteroatoms. The van der Waals surface area contributed by atoms with Crippen molar-refractivity contribution >= 4 is 11.7 Å². The zero-order valence-corrected chi connectivity index (χ0v) is 9.01. The molecule has 0 atom stereocenters. The molecule has 0 bridgehead atoms. The summed E-state index contributed by atoms with van der Waals surface area (Å²) in [5, 5.41) is 2.59. The molecule has 0 saturated carbocycles. The molecule has 2 rings (SSSR count). The summed E-state index contributed by atoms with van der Waals surface area (Å²) in [6, 6.07) is 1.97. The first-order valence-electron chi connectivity index (χ1n) is 4.97. The van der Waals surface area contributed by atoms with E-state index in [1.54, 1.807) is 7.05 Å². The highest BCUT2D eigenvalue weighted by molar-refractivity contribution is 5.99. The minimum atomic E-state index is -4.50. The van der Waals surface area contributed by atoms with Crippen LogP contribution in [0.5, 0.6) is 0 Å². The highest BCUT2D eigenvalue weighted by Crippen LogP contribution is 2.30. The molecule has 1 aromatic heterocycles. The molecule has 0 aromatic carbocycles. The maximum atomic E-state index is 12.5. The second-order valence-electron chi connectivity index (χ2n) is 3.74. The number of fused-ring (bicyclic) bond motifs is 1. The molecule has 1 aliphatic rings. The normalized spacial score (nSPS) is 16.2. The molecule has 4 nitrogen and oxygen atoms in total. The predicted molar refractivity (Wildman–Crippen MR) is 54.8 cm³/mol. The number of alkyl halides is 3. The van der Waals surface area contributed by atoms with Gasteiger partial charge in [0, 0.05) is 20.1 Å². The summed E-state index contributed by atoms with van der Waals surface area (Å²) < 4.78 is 37.5. The van der Waals surface area contributed by atoms with E-state index in [0.29, 0.717) is 13.1 Å². The number of nitrogens with one attached hydrogen (secondary N) is 1. The Bertz CT molecular complexity index is 459. The van der Waals surface area contributed by atoms with Gasteiger partial charge < -0.3 is 10.2 Å². The summed E-state index contributed by atoms with van der Waals surface area (Å²) in [6.45, 7) is 0.806. The number of hydrogen-bond acceptors (Lipinski definition) is 3. The Labute approximate surface area is 95.4 Å². The third-order valence-corrected chi connectivity index (χ3v) is 2.50. The summed E-state index contributed by atoms with van der Waals surface area (Å²) in [4.78, 5) is 16.6. The average molecular weight is 245 g/mol. The Morgan fingerprint density at radius 2 is 2.12 bits per heavy atom. The molecule has 1 aliphatic heterocycles. The zero-order chi connectivity index (χ0) is 12.6. The average Bonchev–Trinajstić information content (AvgIpc) is 2.39. The van der Waals surface area contributed by atoms with E-state index in [9.17, 15) is 18.0 Å². The summed E-state index contributed by atoms with van der Waals surface area (Å²) in [5.41, 5.74) is -0.823. The van der Waals surface area contributed by atoms with E-state index in [-0.39, 0.29) is 11.4 Å². The predicted octanol–water partition coefficient (Wildman–Crippen LogP) is 1.28. The number of amides is 1. The number of nitrogens with zero attached hydrogens (tertiary/aromatic N) is 2. The van der Waals surface area contributed by atoms with Crippen molar-refractivity contribution < 1.29 is 18.0 Å². The fourth-order valence-electron chi connectivity index (χ4n) is 1.61. The van der Waals surface area contributed by atoms with Gasteiger partial charge in [0.25, 0.3) is 5.91 Å². The number of hydrogen-bond donors (Lipinski definition) is 1. The Kier molecular flexibility index (Phi) is 2.68. The number of halogens is 3. The number of carbonyl (C=O) groups is 1. The molecule has 0 aliphatic carbocycles. The van der Waals surface area contributed by atoms with Crippen LogP contribution in [0, 0.1) is 0 Å². The van der Waals surface area contributed by atoms with E-state index >= 15 is 0 Å². The van der Waals surface area contributed by atoms with Gasteiger partial charge in [-0.1, -0.05) is 0 Å². The van der Waals surface area contributed by atoms with E-state index in [4.69, 9.17) is 0 Å². The fraction of sp³-hybridized carbons (Fsp3) is 0.400. The lowest BCUT2D eigenvalue weighted by Crippen LogP contribution is -2.27. The van der Waals surface area contributed by atoms with Crippen molar-refractivity contribution in [2.24, 2.45) is 0 Å². The molecular weight excluding hydrogens is 235 g/mol. The largest absolute Gasteiger partial charge is 0.433 e. The fourth-order valence-corrected chi connectivity index (χ4v) is 1.61. The Morgan fingerprint density at radius 1 is 1.41 bits per heavy atom. The van der Waals surface area contributed by atoms with Crippen LogP contribution < -0.4 is 10.2 Å². The van der Waals surface area contributed by atoms with E-state index in [0.717, 1.165) is 12.1 Å². The maximum Gasteiger partial charge on any atom is 0.433 e. The first kappa shape index (κ1) is 11.7. The molecule has 1 amide bonds. The van der Waals surface area contributed by atoms with E-state index in [1.807, 2.05) is 0 Å². The minimum Gasteiger partial charge on any atom is -0.357 e. The van der Waals surface area contributed by atoms with Crippen LogP contribution in [0.4, 0.5) is 19.0 Å². The summed E-state index contributed by atoms with van der Waals surface area (Å²) in [7, 11) is 1.60. The number of likely N-dealkylation sites (N-methyl/N-ethyl adjacent to an activating group) is 1. The van der Waals surface area contributed by atoms with Crippen molar-refractivity contribution in [3.63, 3.8) is 0 Å². The Morgan fingerprint density at radius 3 is 2.76 bits per heavy atom. The van der Waals surface area contributed by atoms with Crippen molar-refractivity contribution in [1.29, 1.82) is 0 Å². The van der Waals surface area contributed by atoms with Crippen LogP contribution in [0.25, 0.3) is 0 Å². The number of carbonyl (C=O) groups excluding carboxylic acids is 1. The van der Waals surface area contributed by atoms with Gasteiger partial charge >= 0.3 is 6.18 Å². The lowest BCUT2D eigenvalue weighted by Gasteiger charge is -2.18. The van der Waals surface area contributed by atoms with Gasteiger partial charge in [-0.3, -0.25) is 4.79 Å². The SMILES string of the molecule is CN1CCNC(=O)c2ccc(C(F)(F)F)nc21. The van der Waals surface area contributed by atoms with Crippen LogP contribution in [-0.2, 0) is 6.18 Å². The van der Waals surface area contributed by atoms with Gasteiger partial charge in [0.2, 0.25) is 0 Å². The van der Waals surface area contributed by atoms with Crippen LogP contribution >= 0.6 is 0 Å². The lowest BCUT2D eigenvalue weighted by atomic mass is 10.2. The number of pyridine rings is 1. The molecule has 2 heterocycles. The molecule has 0 radical (unpaired) electrons. The van der Waals surface area contributed by atoms with Crippen molar-refractivity contribution in [3.05, 3.63) is 23.4 Å². The van der Waals surface area contributed by atoms with Crippen LogP contribution in [0.15, 0.2) is 12.1 Å². The smallest absolute Gasteiger partial charge is 0.357 e. The first-order chi connectivity index (χ1) is 7.89. The van der Waals surface area contributed by atoms with Crippen LogP contribution in [0.3, 0.4) is 0 Å². The Hall–Kier alpha value is -1.79. The lowest BCUT2D eigenvalue weighted by molar-refractivity contribution is -0.141. The number of rotatable bonds is 0. The van der Waals surface area contributed by atoms with Gasteiger partial charge in [0.05, 0.1) is 5.56 Å². The summed E-state index contributed by atoms with van der Waals surface area (Å²) >= 11 is 0. The topological polar surface area (TPSA) is 45.2 Å². The van der Waals surface area contributed by atoms with Crippen molar-refractivity contribution in [1.82, 2.24) is 10.3 Å². The Balaban J connectivity index is 2.53. The molecule has 92 valence electrons. The van der Waals surface area contributed by atoms with Crippen molar-refractivity contribution in [2.75, 3.05) is 25.0 Å². The van der Waals surface area contributed by atoms with Gasteiger partial charge in [0.1, 0.15) is 11.5 Å². The maximum absolute atomic E-state index is 12.5. The summed E-state index contributed by atoms with van der Waals surface area (Å²) in [5.74, 6) is -0.333. The van der Waals surface area contributed by atoms with Crippen molar-refractivity contribution in [3.8, 4) is 0 Å². The first-order valence-corrected chi connectivity index (χ1v) is 4.97. The van der Waals surface area contributed by atoms with Gasteiger partial charge in [-0.05, 0) is 12.1 Å². The monoisotopic (exact) mass is 245 g/mol. The number of anilines is 1. The molecule has 0 spiro atoms. The molecule has 0 saturated heterocycles.